The summed E-state index contributed by atoms with van der Waals surface area (Å²) >= 11 is 3.91. The average Bonchev–Trinajstić information content (AvgIpc) is 3.13. The summed E-state index contributed by atoms with van der Waals surface area (Å²) in [5.74, 6) is 2.68. The zero-order chi connectivity index (χ0) is 13.1. The van der Waals surface area contributed by atoms with Crippen molar-refractivity contribution in [1.29, 1.82) is 0 Å². The lowest BCUT2D eigenvalue weighted by Crippen LogP contribution is -2.07. The molecule has 0 saturated carbocycles. The van der Waals surface area contributed by atoms with Gasteiger partial charge in [-0.05, 0) is 29.8 Å². The number of furan rings is 1. The first-order valence-electron chi connectivity index (χ1n) is 5.92. The molecule has 2 aromatic rings. The van der Waals surface area contributed by atoms with E-state index in [-0.39, 0.29) is 5.76 Å². The van der Waals surface area contributed by atoms with E-state index in [1.807, 2.05) is 47.8 Å². The second kappa shape index (κ2) is 5.75. The zero-order valence-corrected chi connectivity index (χ0v) is 11.7. The van der Waals surface area contributed by atoms with Crippen LogP contribution in [-0.4, -0.2) is 17.5 Å². The van der Waals surface area contributed by atoms with Crippen LogP contribution in [0.4, 0.5) is 0 Å². The minimum Gasteiger partial charge on any atom is -0.457 e. The highest BCUT2D eigenvalue weighted by molar-refractivity contribution is 8.19. The minimum absolute atomic E-state index is 0.214. The van der Waals surface area contributed by atoms with Crippen molar-refractivity contribution < 1.29 is 13.9 Å². The minimum atomic E-state index is -0.470. The smallest absolute Gasteiger partial charge is 0.379 e. The summed E-state index contributed by atoms with van der Waals surface area (Å²) in [5, 5.41) is 0. The van der Waals surface area contributed by atoms with Gasteiger partial charge in [-0.1, -0.05) is 12.1 Å². The monoisotopic (exact) mass is 292 g/mol. The Bertz CT molecular complexity index is 543. The highest BCUT2D eigenvalue weighted by Gasteiger charge is 2.18. The lowest BCUT2D eigenvalue weighted by Gasteiger charge is -2.09. The van der Waals surface area contributed by atoms with Crippen LogP contribution in [0.1, 0.15) is 20.7 Å². The summed E-state index contributed by atoms with van der Waals surface area (Å²) in [6, 6.07) is 10.9. The molecular weight excluding hydrogens is 280 g/mol. The van der Waals surface area contributed by atoms with Crippen molar-refractivity contribution in [3.8, 4) is 5.75 Å². The first-order chi connectivity index (χ1) is 9.33. The van der Waals surface area contributed by atoms with E-state index in [4.69, 9.17) is 9.15 Å². The number of hydrogen-bond acceptors (Lipinski definition) is 5. The summed E-state index contributed by atoms with van der Waals surface area (Å²) < 4.78 is 10.7. The summed E-state index contributed by atoms with van der Waals surface area (Å²) in [5.41, 5.74) is 1.27. The molecule has 1 aromatic heterocycles. The van der Waals surface area contributed by atoms with Crippen molar-refractivity contribution in [2.75, 3.05) is 11.5 Å². The maximum Gasteiger partial charge on any atom is 0.379 e. The molecule has 0 radical (unpaired) electrons. The molecule has 0 bridgehead atoms. The molecule has 0 spiro atoms. The number of ether oxygens (including phenoxy) is 1. The van der Waals surface area contributed by atoms with Crippen molar-refractivity contribution >= 4 is 29.5 Å². The number of esters is 1. The van der Waals surface area contributed by atoms with Crippen LogP contribution in [0.15, 0.2) is 47.1 Å². The fraction of sp³-hybridized carbons (Fsp3) is 0.214. The second-order valence-electron chi connectivity index (χ2n) is 4.01. The van der Waals surface area contributed by atoms with E-state index in [9.17, 15) is 4.79 Å². The van der Waals surface area contributed by atoms with Gasteiger partial charge < -0.3 is 9.15 Å². The average molecular weight is 292 g/mol. The summed E-state index contributed by atoms with van der Waals surface area (Å²) in [6.07, 6.45) is 1.45. The first-order valence-corrected chi connectivity index (χ1v) is 8.01. The molecule has 1 aliphatic heterocycles. The Labute approximate surface area is 119 Å². The van der Waals surface area contributed by atoms with E-state index in [0.717, 1.165) is 0 Å². The van der Waals surface area contributed by atoms with Gasteiger partial charge in [-0.2, -0.15) is 0 Å². The first kappa shape index (κ1) is 12.7. The van der Waals surface area contributed by atoms with Gasteiger partial charge in [0.1, 0.15) is 5.75 Å². The molecule has 3 rings (SSSR count). The number of benzene rings is 1. The summed E-state index contributed by atoms with van der Waals surface area (Å²) in [7, 11) is 0. The van der Waals surface area contributed by atoms with Gasteiger partial charge in [0.05, 0.1) is 10.8 Å². The lowest BCUT2D eigenvalue weighted by atomic mass is 10.2. The van der Waals surface area contributed by atoms with E-state index in [1.165, 1.54) is 23.3 Å². The van der Waals surface area contributed by atoms with Gasteiger partial charge in [-0.25, -0.2) is 4.79 Å². The third-order valence-electron chi connectivity index (χ3n) is 2.71. The van der Waals surface area contributed by atoms with E-state index in [2.05, 4.69) is 0 Å². The van der Waals surface area contributed by atoms with Crippen LogP contribution in [0, 0.1) is 0 Å². The predicted octanol–water partition coefficient (Wildman–Crippen LogP) is 3.98. The van der Waals surface area contributed by atoms with E-state index >= 15 is 0 Å². The van der Waals surface area contributed by atoms with Gasteiger partial charge in [0, 0.05) is 11.5 Å². The standard InChI is InChI=1S/C14H12O3S2/c15-13(12-2-1-7-16-12)17-11-5-3-10(4-6-11)14-18-8-9-19-14/h1-7,14H,8-9H2. The molecule has 2 heterocycles. The third kappa shape index (κ3) is 2.98. The van der Waals surface area contributed by atoms with Crippen molar-refractivity contribution in [3.05, 3.63) is 54.0 Å². The van der Waals surface area contributed by atoms with Gasteiger partial charge in [0.25, 0.3) is 0 Å². The van der Waals surface area contributed by atoms with Crippen LogP contribution in [0.3, 0.4) is 0 Å². The Hall–Kier alpha value is -1.33. The van der Waals surface area contributed by atoms with E-state index in [0.29, 0.717) is 10.3 Å². The number of carbonyl (C=O) groups is 1. The van der Waals surface area contributed by atoms with Gasteiger partial charge in [-0.3, -0.25) is 0 Å². The van der Waals surface area contributed by atoms with E-state index in [1.54, 1.807) is 12.1 Å². The van der Waals surface area contributed by atoms with Crippen molar-refractivity contribution in [3.63, 3.8) is 0 Å². The molecule has 0 aliphatic carbocycles. The van der Waals surface area contributed by atoms with Crippen LogP contribution >= 0.6 is 23.5 Å². The molecule has 1 saturated heterocycles. The van der Waals surface area contributed by atoms with Crippen LogP contribution in [0.5, 0.6) is 5.75 Å². The Morgan fingerprint density at radius 2 is 1.89 bits per heavy atom. The SMILES string of the molecule is O=C(Oc1ccc(C2SCCS2)cc1)c1ccco1. The largest absolute Gasteiger partial charge is 0.457 e. The molecule has 1 fully saturated rings. The molecule has 3 nitrogen and oxygen atoms in total. The third-order valence-corrected chi connectivity index (χ3v) is 5.81. The van der Waals surface area contributed by atoms with Crippen LogP contribution in [0.25, 0.3) is 0 Å². The van der Waals surface area contributed by atoms with Crippen LogP contribution in [0.2, 0.25) is 0 Å². The van der Waals surface area contributed by atoms with Gasteiger partial charge in [0.15, 0.2) is 0 Å². The summed E-state index contributed by atoms with van der Waals surface area (Å²) in [4.78, 5) is 11.7. The molecule has 1 aliphatic rings. The Balaban J connectivity index is 1.67. The highest BCUT2D eigenvalue weighted by Crippen LogP contribution is 2.45. The molecule has 0 amide bonds. The number of carbonyl (C=O) groups excluding carboxylic acids is 1. The molecule has 0 N–H and O–H groups in total. The topological polar surface area (TPSA) is 39.4 Å². The quantitative estimate of drug-likeness (QED) is 0.632. The zero-order valence-electron chi connectivity index (χ0n) is 10.1. The molecule has 5 heteroatoms. The normalized spacial score (nSPS) is 15.6. The maximum atomic E-state index is 11.7. The van der Waals surface area contributed by atoms with Crippen LogP contribution < -0.4 is 4.74 Å². The van der Waals surface area contributed by atoms with Crippen molar-refractivity contribution in [2.24, 2.45) is 0 Å². The van der Waals surface area contributed by atoms with Crippen molar-refractivity contribution in [2.45, 2.75) is 4.58 Å². The molecule has 19 heavy (non-hydrogen) atoms. The highest BCUT2D eigenvalue weighted by atomic mass is 32.2. The molecule has 0 atom stereocenters. The van der Waals surface area contributed by atoms with Gasteiger partial charge in [0.2, 0.25) is 5.76 Å². The molecule has 0 unspecified atom stereocenters. The van der Waals surface area contributed by atoms with Crippen molar-refractivity contribution in [1.82, 2.24) is 0 Å². The molecule has 1 aromatic carbocycles. The Kier molecular flexibility index (Phi) is 3.84. The number of thioether (sulfide) groups is 2. The fourth-order valence-electron chi connectivity index (χ4n) is 1.80. The maximum absolute atomic E-state index is 11.7. The molecular formula is C14H12O3S2. The summed E-state index contributed by atoms with van der Waals surface area (Å²) in [6.45, 7) is 0. The Morgan fingerprint density at radius 1 is 1.16 bits per heavy atom. The van der Waals surface area contributed by atoms with Crippen LogP contribution in [-0.2, 0) is 0 Å². The second-order valence-corrected chi connectivity index (χ2v) is 6.73. The Morgan fingerprint density at radius 3 is 2.53 bits per heavy atom. The predicted molar refractivity (Wildman–Crippen MR) is 77.8 cm³/mol. The number of rotatable bonds is 3. The number of hydrogen-bond donors (Lipinski definition) is 0. The molecule has 98 valence electrons. The lowest BCUT2D eigenvalue weighted by molar-refractivity contribution is 0.0701. The van der Waals surface area contributed by atoms with Gasteiger partial charge in [-0.15, -0.1) is 23.5 Å². The van der Waals surface area contributed by atoms with Gasteiger partial charge >= 0.3 is 5.97 Å². The van der Waals surface area contributed by atoms with E-state index < -0.39 is 5.97 Å². The fourth-order valence-corrected chi connectivity index (χ4v) is 4.66.